The topological polar surface area (TPSA) is 39.2 Å². The predicted octanol–water partition coefficient (Wildman–Crippen LogP) is 4.01. The highest BCUT2D eigenvalue weighted by Gasteiger charge is 2.11. The van der Waals surface area contributed by atoms with Crippen LogP contribution in [0.3, 0.4) is 0 Å². The molecule has 0 atom stereocenters. The summed E-state index contributed by atoms with van der Waals surface area (Å²) in [4.78, 5) is 0. The number of rotatable bonds is 2. The van der Waals surface area contributed by atoms with E-state index in [2.05, 4.69) is 0 Å². The standard InChI is InChI=1S/C16H14FNO/c1-10-5-6-11(9-18)7-13(10)15-8-12-3-2-4-14(17)16(12)19-15/h2-8H,9,18H2,1H3. The van der Waals surface area contributed by atoms with Crippen molar-refractivity contribution in [3.05, 3.63) is 59.4 Å². The second-order valence-corrected chi connectivity index (χ2v) is 4.62. The van der Waals surface area contributed by atoms with Crippen LogP contribution >= 0.6 is 0 Å². The van der Waals surface area contributed by atoms with Gasteiger partial charge in [-0.15, -0.1) is 0 Å². The van der Waals surface area contributed by atoms with Gasteiger partial charge in [0.25, 0.3) is 0 Å². The van der Waals surface area contributed by atoms with Gasteiger partial charge >= 0.3 is 0 Å². The minimum Gasteiger partial charge on any atom is -0.453 e. The maximum absolute atomic E-state index is 13.6. The van der Waals surface area contributed by atoms with Crippen molar-refractivity contribution in [2.24, 2.45) is 5.73 Å². The molecule has 2 nitrogen and oxygen atoms in total. The van der Waals surface area contributed by atoms with Crippen molar-refractivity contribution in [2.75, 3.05) is 0 Å². The largest absolute Gasteiger partial charge is 0.453 e. The second-order valence-electron chi connectivity index (χ2n) is 4.62. The van der Waals surface area contributed by atoms with Crippen molar-refractivity contribution in [3.8, 4) is 11.3 Å². The number of furan rings is 1. The number of para-hydroxylation sites is 1. The molecule has 0 unspecified atom stereocenters. The minimum atomic E-state index is -0.337. The molecular formula is C16H14FNO. The van der Waals surface area contributed by atoms with E-state index in [1.807, 2.05) is 37.3 Å². The summed E-state index contributed by atoms with van der Waals surface area (Å²) in [5.74, 6) is 0.337. The Morgan fingerprint density at radius 2 is 2.00 bits per heavy atom. The van der Waals surface area contributed by atoms with Crippen LogP contribution in [0, 0.1) is 12.7 Å². The lowest BCUT2D eigenvalue weighted by molar-refractivity contribution is 0.568. The quantitative estimate of drug-likeness (QED) is 0.751. The zero-order valence-corrected chi connectivity index (χ0v) is 10.6. The zero-order valence-electron chi connectivity index (χ0n) is 10.6. The Morgan fingerprint density at radius 1 is 1.16 bits per heavy atom. The number of halogens is 1. The van der Waals surface area contributed by atoms with Crippen LogP contribution < -0.4 is 5.73 Å². The average Bonchev–Trinajstić information content (AvgIpc) is 2.84. The Morgan fingerprint density at radius 3 is 2.74 bits per heavy atom. The SMILES string of the molecule is Cc1ccc(CN)cc1-c1cc2cccc(F)c2o1. The Bertz CT molecular complexity index is 746. The molecule has 0 aliphatic rings. The van der Waals surface area contributed by atoms with Crippen molar-refractivity contribution in [2.45, 2.75) is 13.5 Å². The molecule has 96 valence electrons. The van der Waals surface area contributed by atoms with Crippen LogP contribution in [-0.2, 0) is 6.54 Å². The smallest absolute Gasteiger partial charge is 0.170 e. The first-order chi connectivity index (χ1) is 9.19. The molecule has 0 spiro atoms. The first-order valence-electron chi connectivity index (χ1n) is 6.17. The molecule has 0 amide bonds. The van der Waals surface area contributed by atoms with Gasteiger partial charge < -0.3 is 10.2 Å². The van der Waals surface area contributed by atoms with Crippen LogP contribution in [-0.4, -0.2) is 0 Å². The first-order valence-corrected chi connectivity index (χ1v) is 6.17. The Kier molecular flexibility index (Phi) is 2.84. The molecule has 3 aromatic rings. The van der Waals surface area contributed by atoms with Gasteiger partial charge in [0.15, 0.2) is 11.4 Å². The van der Waals surface area contributed by atoms with Crippen molar-refractivity contribution >= 4 is 11.0 Å². The average molecular weight is 255 g/mol. The Hall–Kier alpha value is -2.13. The zero-order chi connectivity index (χ0) is 13.4. The van der Waals surface area contributed by atoms with E-state index in [0.29, 0.717) is 17.9 Å². The molecule has 19 heavy (non-hydrogen) atoms. The third-order valence-electron chi connectivity index (χ3n) is 3.30. The van der Waals surface area contributed by atoms with E-state index in [-0.39, 0.29) is 5.82 Å². The van der Waals surface area contributed by atoms with E-state index < -0.39 is 0 Å². The van der Waals surface area contributed by atoms with Gasteiger partial charge in [-0.05, 0) is 36.2 Å². The van der Waals surface area contributed by atoms with Crippen LogP contribution in [0.1, 0.15) is 11.1 Å². The fourth-order valence-corrected chi connectivity index (χ4v) is 2.22. The summed E-state index contributed by atoms with van der Waals surface area (Å²) in [7, 11) is 0. The number of hydrogen-bond donors (Lipinski definition) is 1. The van der Waals surface area contributed by atoms with Crippen LogP contribution in [0.2, 0.25) is 0 Å². The van der Waals surface area contributed by atoms with E-state index in [1.54, 1.807) is 6.07 Å². The van der Waals surface area contributed by atoms with Crippen molar-refractivity contribution in [1.82, 2.24) is 0 Å². The van der Waals surface area contributed by atoms with Gasteiger partial charge in [0.05, 0.1) is 0 Å². The molecule has 2 aromatic carbocycles. The lowest BCUT2D eigenvalue weighted by Crippen LogP contribution is -1.96. The van der Waals surface area contributed by atoms with Crippen LogP contribution in [0.15, 0.2) is 46.9 Å². The monoisotopic (exact) mass is 255 g/mol. The van der Waals surface area contributed by atoms with E-state index in [9.17, 15) is 4.39 Å². The van der Waals surface area contributed by atoms with Crippen LogP contribution in [0.5, 0.6) is 0 Å². The molecule has 0 aliphatic heterocycles. The van der Waals surface area contributed by atoms with Gasteiger partial charge in [-0.2, -0.15) is 0 Å². The summed E-state index contributed by atoms with van der Waals surface area (Å²) >= 11 is 0. The molecule has 2 N–H and O–H groups in total. The Balaban J connectivity index is 2.21. The number of fused-ring (bicyclic) bond motifs is 1. The third kappa shape index (κ3) is 2.02. The molecule has 0 saturated heterocycles. The Labute approximate surface area is 110 Å². The van der Waals surface area contributed by atoms with Crippen molar-refractivity contribution in [3.63, 3.8) is 0 Å². The van der Waals surface area contributed by atoms with E-state index >= 15 is 0 Å². The summed E-state index contributed by atoms with van der Waals surface area (Å²) in [6.45, 7) is 2.47. The molecule has 3 rings (SSSR count). The van der Waals surface area contributed by atoms with Crippen molar-refractivity contribution < 1.29 is 8.81 Å². The van der Waals surface area contributed by atoms with Crippen molar-refractivity contribution in [1.29, 1.82) is 0 Å². The highest BCUT2D eigenvalue weighted by molar-refractivity contribution is 5.83. The maximum atomic E-state index is 13.6. The van der Waals surface area contributed by atoms with Gasteiger partial charge in [0.1, 0.15) is 5.76 Å². The predicted molar refractivity (Wildman–Crippen MR) is 74.2 cm³/mol. The fraction of sp³-hybridized carbons (Fsp3) is 0.125. The first kappa shape index (κ1) is 11.9. The third-order valence-corrected chi connectivity index (χ3v) is 3.30. The lowest BCUT2D eigenvalue weighted by atomic mass is 10.0. The molecule has 0 fully saturated rings. The summed E-state index contributed by atoms with van der Waals surface area (Å²) in [5, 5.41) is 0.771. The summed E-state index contributed by atoms with van der Waals surface area (Å²) in [5.41, 5.74) is 9.02. The number of aryl methyl sites for hydroxylation is 1. The number of nitrogens with two attached hydrogens (primary N) is 1. The summed E-state index contributed by atoms with van der Waals surface area (Å²) in [6, 6.07) is 12.8. The number of hydrogen-bond acceptors (Lipinski definition) is 2. The van der Waals surface area contributed by atoms with E-state index in [4.69, 9.17) is 10.2 Å². The molecule has 0 aliphatic carbocycles. The molecule has 1 aromatic heterocycles. The van der Waals surface area contributed by atoms with Gasteiger partial charge in [-0.1, -0.05) is 24.3 Å². The molecule has 0 bridgehead atoms. The van der Waals surface area contributed by atoms with Gasteiger partial charge in [0.2, 0.25) is 0 Å². The normalized spacial score (nSPS) is 11.1. The van der Waals surface area contributed by atoms with Gasteiger partial charge in [-0.3, -0.25) is 0 Å². The van der Waals surface area contributed by atoms with Gasteiger partial charge in [-0.25, -0.2) is 4.39 Å². The molecule has 1 heterocycles. The number of benzene rings is 2. The maximum Gasteiger partial charge on any atom is 0.170 e. The van der Waals surface area contributed by atoms with Crippen LogP contribution in [0.25, 0.3) is 22.3 Å². The minimum absolute atomic E-state index is 0.301. The van der Waals surface area contributed by atoms with Crippen LogP contribution in [0.4, 0.5) is 4.39 Å². The summed E-state index contributed by atoms with van der Waals surface area (Å²) in [6.07, 6.45) is 0. The highest BCUT2D eigenvalue weighted by atomic mass is 19.1. The lowest BCUT2D eigenvalue weighted by Gasteiger charge is -2.05. The molecule has 0 saturated carbocycles. The van der Waals surface area contributed by atoms with Gasteiger partial charge in [0, 0.05) is 17.5 Å². The molecule has 3 heteroatoms. The fourth-order valence-electron chi connectivity index (χ4n) is 2.22. The molecular weight excluding hydrogens is 241 g/mol. The summed E-state index contributed by atoms with van der Waals surface area (Å²) < 4.78 is 19.3. The molecule has 0 radical (unpaired) electrons. The highest BCUT2D eigenvalue weighted by Crippen LogP contribution is 2.31. The second kappa shape index (κ2) is 4.52. The van der Waals surface area contributed by atoms with E-state index in [0.717, 1.165) is 22.1 Å². The van der Waals surface area contributed by atoms with E-state index in [1.165, 1.54) is 6.07 Å².